The standard InChI is InChI=1S/C29H44O5/c1-17(30)33-23-12-13-27(4)20-11-15-28(5)19(18-16-24(31)34-25(18)32-7)10-14-29(28,6)21(20)8-9-22(27)26(23,2)3/h8,18-20,22-23,25H,9-16H2,1-7H3. The quantitative estimate of drug-likeness (QED) is 0.369. The predicted molar refractivity (Wildman–Crippen MR) is 130 cm³/mol. The van der Waals surface area contributed by atoms with E-state index < -0.39 is 6.29 Å². The Morgan fingerprint density at radius 3 is 2.47 bits per heavy atom. The van der Waals surface area contributed by atoms with Crippen LogP contribution in [-0.4, -0.2) is 31.4 Å². The Morgan fingerprint density at radius 2 is 1.79 bits per heavy atom. The van der Waals surface area contributed by atoms with Gasteiger partial charge < -0.3 is 14.2 Å². The first-order valence-corrected chi connectivity index (χ1v) is 13.5. The molecular formula is C29H44O5. The summed E-state index contributed by atoms with van der Waals surface area (Å²) in [4.78, 5) is 24.0. The van der Waals surface area contributed by atoms with Crippen molar-refractivity contribution in [3.8, 4) is 0 Å². The summed E-state index contributed by atoms with van der Waals surface area (Å²) in [6.45, 7) is 13.7. The molecule has 0 aromatic heterocycles. The highest BCUT2D eigenvalue weighted by molar-refractivity contribution is 5.72. The number of carbonyl (C=O) groups is 2. The number of methoxy groups -OCH3 is 1. The van der Waals surface area contributed by atoms with E-state index in [9.17, 15) is 9.59 Å². The Bertz CT molecular complexity index is 906. The van der Waals surface area contributed by atoms with Crippen LogP contribution in [0.5, 0.6) is 0 Å². The Kier molecular flexibility index (Phi) is 5.60. The molecule has 0 aromatic carbocycles. The molecule has 4 fully saturated rings. The minimum atomic E-state index is -0.394. The van der Waals surface area contributed by atoms with Crippen LogP contribution in [0.15, 0.2) is 11.6 Å². The van der Waals surface area contributed by atoms with Crippen molar-refractivity contribution < 1.29 is 23.8 Å². The molecule has 5 aliphatic rings. The van der Waals surface area contributed by atoms with Gasteiger partial charge in [-0.1, -0.05) is 46.3 Å². The summed E-state index contributed by atoms with van der Waals surface area (Å²) in [5.74, 6) is 1.43. The Morgan fingerprint density at radius 1 is 1.06 bits per heavy atom. The molecule has 1 saturated heterocycles. The molecule has 3 saturated carbocycles. The fourth-order valence-corrected chi connectivity index (χ4v) is 9.93. The van der Waals surface area contributed by atoms with Crippen LogP contribution in [0.3, 0.4) is 0 Å². The topological polar surface area (TPSA) is 61.8 Å². The van der Waals surface area contributed by atoms with Crippen molar-refractivity contribution in [1.29, 1.82) is 0 Å². The van der Waals surface area contributed by atoms with Gasteiger partial charge in [0.05, 0.1) is 6.42 Å². The molecule has 0 spiro atoms. The first-order valence-electron chi connectivity index (χ1n) is 13.5. The summed E-state index contributed by atoms with van der Waals surface area (Å²) in [5, 5.41) is 0. The molecule has 1 heterocycles. The third kappa shape index (κ3) is 3.14. The van der Waals surface area contributed by atoms with Crippen LogP contribution in [-0.2, 0) is 23.8 Å². The average molecular weight is 473 g/mol. The number of allylic oxidation sites excluding steroid dienone is 2. The van der Waals surface area contributed by atoms with Crippen molar-refractivity contribution in [2.24, 2.45) is 45.3 Å². The van der Waals surface area contributed by atoms with Crippen LogP contribution in [0.1, 0.15) is 92.9 Å². The number of fused-ring (bicyclic) bond motifs is 5. The van der Waals surface area contributed by atoms with E-state index in [-0.39, 0.29) is 45.6 Å². The third-order valence-electron chi connectivity index (χ3n) is 11.9. The second-order valence-corrected chi connectivity index (χ2v) is 13.4. The molecule has 1 aliphatic heterocycles. The number of hydrogen-bond acceptors (Lipinski definition) is 5. The first-order chi connectivity index (χ1) is 15.9. The van der Waals surface area contributed by atoms with E-state index >= 15 is 0 Å². The lowest BCUT2D eigenvalue weighted by Gasteiger charge is -2.64. The number of ether oxygens (including phenoxy) is 3. The molecule has 5 nitrogen and oxygen atoms in total. The number of carbonyl (C=O) groups excluding carboxylic acids is 2. The van der Waals surface area contributed by atoms with E-state index in [1.165, 1.54) is 19.3 Å². The number of rotatable bonds is 3. The SMILES string of the molecule is COC1OC(=O)CC1C1CCC2(C)C3=CCC4C(C)(C)C(OC(C)=O)CCC4(C)C3CCC12C. The highest BCUT2D eigenvalue weighted by Crippen LogP contribution is 2.73. The highest BCUT2D eigenvalue weighted by atomic mass is 16.7. The maximum absolute atomic E-state index is 12.2. The van der Waals surface area contributed by atoms with Crippen molar-refractivity contribution in [3.05, 3.63) is 11.6 Å². The Balaban J connectivity index is 1.47. The minimum absolute atomic E-state index is 0.00390. The van der Waals surface area contributed by atoms with E-state index in [0.717, 1.165) is 25.7 Å². The molecule has 0 bridgehead atoms. The Labute approximate surface area is 205 Å². The fourth-order valence-electron chi connectivity index (χ4n) is 9.93. The van der Waals surface area contributed by atoms with Crippen LogP contribution < -0.4 is 0 Å². The van der Waals surface area contributed by atoms with Gasteiger partial charge in [-0.3, -0.25) is 9.59 Å². The fraction of sp³-hybridized carbons (Fsp3) is 0.862. The third-order valence-corrected chi connectivity index (χ3v) is 11.9. The normalized spacial score (nSPS) is 49.4. The van der Waals surface area contributed by atoms with Gasteiger partial charge >= 0.3 is 11.9 Å². The van der Waals surface area contributed by atoms with E-state index in [4.69, 9.17) is 14.2 Å². The molecule has 0 amide bonds. The lowest BCUT2D eigenvalue weighted by Crippen LogP contribution is -2.58. The zero-order valence-corrected chi connectivity index (χ0v) is 22.2. The number of esters is 2. The minimum Gasteiger partial charge on any atom is -0.462 e. The molecule has 5 heteroatoms. The summed E-state index contributed by atoms with van der Waals surface area (Å²) in [7, 11) is 1.67. The van der Waals surface area contributed by atoms with Gasteiger partial charge in [0.2, 0.25) is 6.29 Å². The van der Waals surface area contributed by atoms with Gasteiger partial charge in [-0.25, -0.2) is 0 Å². The highest BCUT2D eigenvalue weighted by Gasteiger charge is 2.67. The van der Waals surface area contributed by atoms with E-state index in [1.54, 1.807) is 19.6 Å². The summed E-state index contributed by atoms with van der Waals surface area (Å²) < 4.78 is 17.0. The average Bonchev–Trinajstić information content (AvgIpc) is 3.26. The van der Waals surface area contributed by atoms with E-state index in [2.05, 4.69) is 40.7 Å². The molecule has 0 aromatic rings. The van der Waals surface area contributed by atoms with Gasteiger partial charge in [0, 0.05) is 25.4 Å². The van der Waals surface area contributed by atoms with Gasteiger partial charge in [-0.15, -0.1) is 0 Å². The maximum atomic E-state index is 12.2. The smallest absolute Gasteiger partial charge is 0.308 e. The second kappa shape index (κ2) is 7.82. The van der Waals surface area contributed by atoms with Gasteiger partial charge in [-0.2, -0.15) is 0 Å². The second-order valence-electron chi connectivity index (χ2n) is 13.4. The van der Waals surface area contributed by atoms with Gasteiger partial charge in [0.25, 0.3) is 0 Å². The Hall–Kier alpha value is -1.36. The van der Waals surface area contributed by atoms with Crippen LogP contribution in [0, 0.1) is 45.3 Å². The zero-order valence-electron chi connectivity index (χ0n) is 22.2. The van der Waals surface area contributed by atoms with Gasteiger partial charge in [-0.05, 0) is 78.9 Å². The predicted octanol–water partition coefficient (Wildman–Crippen LogP) is 6.06. The van der Waals surface area contributed by atoms with Crippen LogP contribution in [0.4, 0.5) is 0 Å². The number of cyclic esters (lactones) is 1. The monoisotopic (exact) mass is 472 g/mol. The van der Waals surface area contributed by atoms with Crippen molar-refractivity contribution in [2.45, 2.75) is 105 Å². The lowest BCUT2D eigenvalue weighted by atomic mass is 9.41. The molecular weight excluding hydrogens is 428 g/mol. The van der Waals surface area contributed by atoms with Crippen molar-refractivity contribution >= 4 is 11.9 Å². The van der Waals surface area contributed by atoms with E-state index in [0.29, 0.717) is 24.2 Å². The van der Waals surface area contributed by atoms with Crippen LogP contribution >= 0.6 is 0 Å². The number of hydrogen-bond donors (Lipinski definition) is 0. The van der Waals surface area contributed by atoms with Crippen molar-refractivity contribution in [2.75, 3.05) is 7.11 Å². The molecule has 4 aliphatic carbocycles. The van der Waals surface area contributed by atoms with E-state index in [1.807, 2.05) is 0 Å². The zero-order chi connectivity index (χ0) is 24.7. The molecule has 5 rings (SSSR count). The molecule has 34 heavy (non-hydrogen) atoms. The first kappa shape index (κ1) is 24.3. The van der Waals surface area contributed by atoms with Crippen LogP contribution in [0.2, 0.25) is 0 Å². The molecule has 0 N–H and O–H groups in total. The maximum Gasteiger partial charge on any atom is 0.308 e. The molecule has 190 valence electrons. The van der Waals surface area contributed by atoms with Crippen LogP contribution in [0.25, 0.3) is 0 Å². The van der Waals surface area contributed by atoms with Gasteiger partial charge in [0.1, 0.15) is 6.10 Å². The molecule has 9 atom stereocenters. The largest absolute Gasteiger partial charge is 0.462 e. The molecule has 0 radical (unpaired) electrons. The van der Waals surface area contributed by atoms with Crippen molar-refractivity contribution in [3.63, 3.8) is 0 Å². The lowest BCUT2D eigenvalue weighted by molar-refractivity contribution is -0.175. The summed E-state index contributed by atoms with van der Waals surface area (Å²) in [5.41, 5.74) is 2.18. The van der Waals surface area contributed by atoms with Crippen molar-refractivity contribution in [1.82, 2.24) is 0 Å². The molecule has 9 unspecified atom stereocenters. The summed E-state index contributed by atoms with van der Waals surface area (Å²) in [6.07, 6.45) is 10.5. The summed E-state index contributed by atoms with van der Waals surface area (Å²) in [6, 6.07) is 0. The summed E-state index contributed by atoms with van der Waals surface area (Å²) >= 11 is 0. The van der Waals surface area contributed by atoms with Gasteiger partial charge in [0.15, 0.2) is 0 Å².